The largest absolute Gasteiger partial charge is 0.387 e. The molecule has 0 saturated carbocycles. The lowest BCUT2D eigenvalue weighted by Crippen LogP contribution is -2.33. The molecule has 2 aromatic carbocycles. The van der Waals surface area contributed by atoms with Crippen molar-refractivity contribution in [2.75, 3.05) is 39.2 Å². The standard InChI is InChI=1S/C28H34N6O4/c1-29-14-13-22-32-26(30-15-20(18-9-5-3-6-10-18)19-11-7-4-8-12-19)23-27(33-22)34(17-31-23)28-25(36)24(35)21(38-28)16-37-2/h3-12,17,20-21,24-25,28-29,35-36H,13-16H2,1-2H3,(H,30,32,33)/t21-,24-,25-,28-/m1/s1. The fraction of sp³-hybridized carbons (Fsp3) is 0.393. The van der Waals surface area contributed by atoms with Gasteiger partial charge < -0.3 is 30.3 Å². The lowest BCUT2D eigenvalue weighted by Gasteiger charge is -2.20. The minimum atomic E-state index is -1.15. The average molecular weight is 519 g/mol. The number of likely N-dealkylation sites (N-methyl/N-ethyl adjacent to an activating group) is 1. The van der Waals surface area contributed by atoms with Crippen molar-refractivity contribution in [3.63, 3.8) is 0 Å². The van der Waals surface area contributed by atoms with Crippen molar-refractivity contribution in [2.45, 2.75) is 36.9 Å². The average Bonchev–Trinajstić information content (AvgIpc) is 3.49. The Morgan fingerprint density at radius 1 is 1.00 bits per heavy atom. The fourth-order valence-corrected chi connectivity index (χ4v) is 4.88. The Balaban J connectivity index is 1.49. The molecule has 1 aliphatic rings. The van der Waals surface area contributed by atoms with E-state index in [1.807, 2.05) is 43.4 Å². The molecule has 1 fully saturated rings. The molecule has 5 rings (SSSR count). The molecule has 0 radical (unpaired) electrons. The van der Waals surface area contributed by atoms with Crippen LogP contribution in [0.5, 0.6) is 0 Å². The van der Waals surface area contributed by atoms with Gasteiger partial charge in [-0.2, -0.15) is 0 Å². The number of nitrogens with zero attached hydrogens (tertiary/aromatic N) is 4. The van der Waals surface area contributed by atoms with Crippen LogP contribution in [0.2, 0.25) is 0 Å². The molecule has 4 atom stereocenters. The first kappa shape index (κ1) is 26.2. The number of hydrogen-bond donors (Lipinski definition) is 4. The van der Waals surface area contributed by atoms with Crippen LogP contribution in [0.1, 0.15) is 29.1 Å². The zero-order valence-corrected chi connectivity index (χ0v) is 21.6. The third-order valence-corrected chi connectivity index (χ3v) is 6.89. The molecule has 2 aromatic heterocycles. The van der Waals surface area contributed by atoms with E-state index in [0.717, 1.165) is 0 Å². The molecule has 38 heavy (non-hydrogen) atoms. The highest BCUT2D eigenvalue weighted by atomic mass is 16.6. The van der Waals surface area contributed by atoms with Gasteiger partial charge in [0.05, 0.1) is 12.9 Å². The number of fused-ring (bicyclic) bond motifs is 1. The molecule has 4 N–H and O–H groups in total. The third kappa shape index (κ3) is 5.40. The molecule has 0 aliphatic carbocycles. The van der Waals surface area contributed by atoms with Crippen LogP contribution in [0.15, 0.2) is 67.0 Å². The highest BCUT2D eigenvalue weighted by molar-refractivity contribution is 5.83. The quantitative estimate of drug-likeness (QED) is 0.236. The maximum atomic E-state index is 10.7. The molecule has 200 valence electrons. The molecule has 0 bridgehead atoms. The van der Waals surface area contributed by atoms with Crippen LogP contribution < -0.4 is 10.6 Å². The van der Waals surface area contributed by atoms with Gasteiger partial charge in [-0.1, -0.05) is 60.7 Å². The van der Waals surface area contributed by atoms with Gasteiger partial charge in [-0.25, -0.2) is 15.0 Å². The van der Waals surface area contributed by atoms with Gasteiger partial charge in [0, 0.05) is 32.5 Å². The zero-order valence-electron chi connectivity index (χ0n) is 21.6. The van der Waals surface area contributed by atoms with Crippen LogP contribution >= 0.6 is 0 Å². The number of aliphatic hydroxyl groups is 2. The molecule has 0 amide bonds. The second kappa shape index (κ2) is 12.0. The van der Waals surface area contributed by atoms with Crippen LogP contribution in [0.3, 0.4) is 0 Å². The maximum Gasteiger partial charge on any atom is 0.167 e. The van der Waals surface area contributed by atoms with Gasteiger partial charge in [0.15, 0.2) is 23.2 Å². The van der Waals surface area contributed by atoms with E-state index >= 15 is 0 Å². The molecular formula is C28H34N6O4. The van der Waals surface area contributed by atoms with Gasteiger partial charge >= 0.3 is 0 Å². The summed E-state index contributed by atoms with van der Waals surface area (Å²) in [6.07, 6.45) is -1.56. The first-order valence-electron chi connectivity index (χ1n) is 12.8. The summed E-state index contributed by atoms with van der Waals surface area (Å²) in [6, 6.07) is 20.7. The molecule has 1 saturated heterocycles. The number of nitrogens with one attached hydrogen (secondary N) is 2. The topological polar surface area (TPSA) is 127 Å². The first-order valence-corrected chi connectivity index (χ1v) is 12.8. The van der Waals surface area contributed by atoms with Gasteiger partial charge in [-0.15, -0.1) is 0 Å². The molecular weight excluding hydrogens is 484 g/mol. The SMILES string of the molecule is CNCCc1nc(NCC(c2ccccc2)c2ccccc2)c2ncn([C@@H]3O[C@H](COC)[C@@H](O)[C@H]3O)c2n1. The second-order valence-electron chi connectivity index (χ2n) is 9.42. The van der Waals surface area contributed by atoms with Crippen LogP contribution in [-0.2, 0) is 15.9 Å². The van der Waals surface area contributed by atoms with Gasteiger partial charge in [-0.05, 0) is 18.2 Å². The minimum absolute atomic E-state index is 0.0928. The number of benzene rings is 2. The van der Waals surface area contributed by atoms with Gasteiger partial charge in [0.1, 0.15) is 24.1 Å². The molecule has 0 unspecified atom stereocenters. The number of rotatable bonds is 11. The number of ether oxygens (including phenoxy) is 2. The van der Waals surface area contributed by atoms with Crippen molar-refractivity contribution in [1.29, 1.82) is 0 Å². The van der Waals surface area contributed by atoms with E-state index in [1.54, 1.807) is 10.9 Å². The molecule has 3 heterocycles. The van der Waals surface area contributed by atoms with E-state index in [9.17, 15) is 10.2 Å². The van der Waals surface area contributed by atoms with Crippen LogP contribution in [0.4, 0.5) is 5.82 Å². The van der Waals surface area contributed by atoms with E-state index in [-0.39, 0.29) is 12.5 Å². The van der Waals surface area contributed by atoms with Crippen LogP contribution in [0.25, 0.3) is 11.2 Å². The zero-order chi connectivity index (χ0) is 26.5. The molecule has 10 heteroatoms. The van der Waals surface area contributed by atoms with Gasteiger partial charge in [0.25, 0.3) is 0 Å². The summed E-state index contributed by atoms with van der Waals surface area (Å²) < 4.78 is 12.8. The van der Waals surface area contributed by atoms with Crippen LogP contribution in [-0.4, -0.2) is 81.9 Å². The third-order valence-electron chi connectivity index (χ3n) is 6.89. The van der Waals surface area contributed by atoms with E-state index in [4.69, 9.17) is 19.4 Å². The molecule has 0 spiro atoms. The highest BCUT2D eigenvalue weighted by Gasteiger charge is 2.44. The number of aliphatic hydroxyl groups excluding tert-OH is 2. The van der Waals surface area contributed by atoms with Gasteiger partial charge in [-0.3, -0.25) is 4.57 Å². The van der Waals surface area contributed by atoms with E-state index in [1.165, 1.54) is 18.2 Å². The number of anilines is 1. The Bertz CT molecular complexity index is 1280. The second-order valence-corrected chi connectivity index (χ2v) is 9.42. The number of imidazole rings is 1. The summed E-state index contributed by atoms with van der Waals surface area (Å²) in [6.45, 7) is 1.46. The summed E-state index contributed by atoms with van der Waals surface area (Å²) in [7, 11) is 3.41. The summed E-state index contributed by atoms with van der Waals surface area (Å²) in [5, 5.41) is 27.9. The summed E-state index contributed by atoms with van der Waals surface area (Å²) >= 11 is 0. The number of aromatic nitrogens is 4. The fourth-order valence-electron chi connectivity index (χ4n) is 4.88. The Morgan fingerprint density at radius 2 is 1.68 bits per heavy atom. The summed E-state index contributed by atoms with van der Waals surface area (Å²) in [5.74, 6) is 1.34. The molecule has 4 aromatic rings. The normalized spacial score (nSPS) is 21.4. The van der Waals surface area contributed by atoms with Crippen molar-refractivity contribution in [2.24, 2.45) is 0 Å². The number of hydrogen-bond acceptors (Lipinski definition) is 9. The lowest BCUT2D eigenvalue weighted by molar-refractivity contribution is -0.0580. The monoisotopic (exact) mass is 518 g/mol. The molecule has 10 nitrogen and oxygen atoms in total. The van der Waals surface area contributed by atoms with E-state index in [2.05, 4.69) is 39.9 Å². The Hall–Kier alpha value is -3.41. The highest BCUT2D eigenvalue weighted by Crippen LogP contribution is 2.33. The number of methoxy groups -OCH3 is 1. The predicted molar refractivity (Wildman–Crippen MR) is 144 cm³/mol. The van der Waals surface area contributed by atoms with Crippen molar-refractivity contribution in [1.82, 2.24) is 24.8 Å². The predicted octanol–water partition coefficient (Wildman–Crippen LogP) is 2.10. The van der Waals surface area contributed by atoms with E-state index in [0.29, 0.717) is 42.3 Å². The lowest BCUT2D eigenvalue weighted by atomic mass is 9.91. The Kier molecular flexibility index (Phi) is 8.26. The smallest absolute Gasteiger partial charge is 0.167 e. The van der Waals surface area contributed by atoms with Crippen molar-refractivity contribution < 1.29 is 19.7 Å². The minimum Gasteiger partial charge on any atom is -0.387 e. The maximum absolute atomic E-state index is 10.7. The van der Waals surface area contributed by atoms with E-state index < -0.39 is 24.5 Å². The Morgan fingerprint density at radius 3 is 2.32 bits per heavy atom. The van der Waals surface area contributed by atoms with Crippen molar-refractivity contribution in [3.8, 4) is 0 Å². The first-order chi connectivity index (χ1) is 18.6. The van der Waals surface area contributed by atoms with Crippen molar-refractivity contribution in [3.05, 3.63) is 83.9 Å². The summed E-state index contributed by atoms with van der Waals surface area (Å²) in [4.78, 5) is 14.2. The Labute approximate surface area is 221 Å². The van der Waals surface area contributed by atoms with Crippen molar-refractivity contribution >= 4 is 17.0 Å². The summed E-state index contributed by atoms with van der Waals surface area (Å²) in [5.41, 5.74) is 3.48. The van der Waals surface area contributed by atoms with Gasteiger partial charge in [0.2, 0.25) is 0 Å². The van der Waals surface area contributed by atoms with Crippen LogP contribution in [0, 0.1) is 0 Å². The molecule has 1 aliphatic heterocycles.